The monoisotopic (exact) mass is 549 g/mol. The van der Waals surface area contributed by atoms with Gasteiger partial charge >= 0.3 is 6.36 Å². The molecule has 0 unspecified atom stereocenters. The molecule has 0 atom stereocenters. The fourth-order valence-electron chi connectivity index (χ4n) is 3.92. The Morgan fingerprint density at radius 2 is 1.89 bits per heavy atom. The normalized spacial score (nSPS) is 11.6. The lowest BCUT2D eigenvalue weighted by molar-refractivity contribution is -0.274. The number of hydrogen-bond acceptors (Lipinski definition) is 6. The number of halogens is 4. The number of aryl methyl sites for hydroxylation is 1. The highest BCUT2D eigenvalue weighted by molar-refractivity contribution is 6.32. The molecule has 9 nitrogen and oxygen atoms in total. The van der Waals surface area contributed by atoms with Crippen LogP contribution in [-0.4, -0.2) is 52.3 Å². The minimum Gasteiger partial charge on any atom is -0.404 e. The molecule has 5 N–H and O–H groups in total. The number of nitrogens with zero attached hydrogens (tertiary/aromatic N) is 2. The molecule has 0 aliphatic heterocycles. The average Bonchev–Trinajstić information content (AvgIpc) is 3.51. The molecule has 2 heterocycles. The molecule has 2 aromatic heterocycles. The number of carbonyl (C=O) groups excluding carboxylic acids is 1. The van der Waals surface area contributed by atoms with Gasteiger partial charge < -0.3 is 20.7 Å². The smallest absolute Gasteiger partial charge is 0.404 e. The van der Waals surface area contributed by atoms with E-state index in [1.807, 2.05) is 13.0 Å². The number of H-pyrrole nitrogens is 2. The Morgan fingerprint density at radius 1 is 1.08 bits per heavy atom. The summed E-state index contributed by atoms with van der Waals surface area (Å²) in [5, 5.41) is 24.4. The Labute approximate surface area is 221 Å². The molecule has 13 heteroatoms. The Bertz CT molecular complexity index is 1390. The summed E-state index contributed by atoms with van der Waals surface area (Å²) >= 11 is 5.85. The highest BCUT2D eigenvalue weighted by atomic mass is 35.5. The van der Waals surface area contributed by atoms with Gasteiger partial charge in [-0.05, 0) is 48.7 Å². The second kappa shape index (κ2) is 12.2. The van der Waals surface area contributed by atoms with Crippen LogP contribution in [-0.2, 0) is 11.3 Å². The summed E-state index contributed by atoms with van der Waals surface area (Å²) in [6, 6.07) is 8.14. The van der Waals surface area contributed by atoms with Gasteiger partial charge in [-0.1, -0.05) is 17.7 Å². The Morgan fingerprint density at radius 3 is 2.63 bits per heavy atom. The van der Waals surface area contributed by atoms with Crippen molar-refractivity contribution in [2.45, 2.75) is 32.7 Å². The van der Waals surface area contributed by atoms with Crippen LogP contribution in [0.25, 0.3) is 22.0 Å². The van der Waals surface area contributed by atoms with Crippen molar-refractivity contribution in [2.24, 2.45) is 0 Å². The van der Waals surface area contributed by atoms with Gasteiger partial charge in [-0.15, -0.1) is 13.2 Å². The van der Waals surface area contributed by atoms with Crippen molar-refractivity contribution in [3.8, 4) is 16.9 Å². The number of rotatable bonds is 12. The summed E-state index contributed by atoms with van der Waals surface area (Å²) in [4.78, 5) is 12.1. The van der Waals surface area contributed by atoms with Crippen LogP contribution in [0.15, 0.2) is 42.7 Å². The number of hydrogen-bond donors (Lipinski definition) is 5. The maximum Gasteiger partial charge on any atom is 0.573 e. The predicted octanol–water partition coefficient (Wildman–Crippen LogP) is 4.91. The van der Waals surface area contributed by atoms with Crippen LogP contribution in [0.5, 0.6) is 5.75 Å². The van der Waals surface area contributed by atoms with Gasteiger partial charge in [0.1, 0.15) is 5.75 Å². The number of alkyl halides is 3. The maximum atomic E-state index is 12.3. The summed E-state index contributed by atoms with van der Waals surface area (Å²) in [5.74, 6) is -0.550. The fourth-order valence-corrected chi connectivity index (χ4v) is 4.16. The van der Waals surface area contributed by atoms with Gasteiger partial charge in [0, 0.05) is 54.9 Å². The Balaban J connectivity index is 1.16. The van der Waals surface area contributed by atoms with Gasteiger partial charge in [0.15, 0.2) is 0 Å². The maximum absolute atomic E-state index is 12.3. The molecular weight excluding hydrogens is 523 g/mol. The number of anilines is 1. The van der Waals surface area contributed by atoms with Crippen LogP contribution in [0.1, 0.15) is 24.1 Å². The highest BCUT2D eigenvalue weighted by Crippen LogP contribution is 2.32. The zero-order valence-electron chi connectivity index (χ0n) is 20.5. The summed E-state index contributed by atoms with van der Waals surface area (Å²) in [7, 11) is 0. The lowest BCUT2D eigenvalue weighted by Crippen LogP contribution is -2.29. The van der Waals surface area contributed by atoms with E-state index in [2.05, 4.69) is 47.1 Å². The first kappa shape index (κ1) is 27.3. The Kier molecular flexibility index (Phi) is 8.74. The second-order valence-corrected chi connectivity index (χ2v) is 9.04. The lowest BCUT2D eigenvalue weighted by atomic mass is 10.0. The molecule has 0 aliphatic carbocycles. The van der Waals surface area contributed by atoms with Gasteiger partial charge in [0.25, 0.3) is 0 Å². The number of aromatic amines is 2. The van der Waals surface area contributed by atoms with Crippen LogP contribution >= 0.6 is 11.6 Å². The molecule has 0 bridgehead atoms. The molecule has 202 valence electrons. The van der Waals surface area contributed by atoms with Gasteiger partial charge in [0.2, 0.25) is 5.91 Å². The summed E-state index contributed by atoms with van der Waals surface area (Å²) in [6.07, 6.45) is -0.253. The molecule has 0 aliphatic rings. The molecule has 0 spiro atoms. The first-order valence-electron chi connectivity index (χ1n) is 11.9. The zero-order chi connectivity index (χ0) is 27.1. The minimum absolute atomic E-state index is 0.0980. The first-order valence-corrected chi connectivity index (χ1v) is 12.3. The van der Waals surface area contributed by atoms with Gasteiger partial charge in [-0.3, -0.25) is 15.0 Å². The number of fused-ring (bicyclic) bond motifs is 1. The molecule has 4 aromatic rings. The average molecular weight is 550 g/mol. The number of amides is 1. The van der Waals surface area contributed by atoms with Gasteiger partial charge in [-0.2, -0.15) is 10.2 Å². The van der Waals surface area contributed by atoms with Crippen molar-refractivity contribution in [1.29, 1.82) is 0 Å². The van der Waals surface area contributed by atoms with E-state index in [-0.39, 0.29) is 17.4 Å². The van der Waals surface area contributed by atoms with Crippen molar-refractivity contribution in [3.05, 3.63) is 59.0 Å². The topological polar surface area (TPSA) is 120 Å². The van der Waals surface area contributed by atoms with Gasteiger partial charge in [0.05, 0.1) is 22.9 Å². The van der Waals surface area contributed by atoms with Crippen LogP contribution in [0, 0.1) is 6.92 Å². The van der Waals surface area contributed by atoms with E-state index in [0.717, 1.165) is 39.8 Å². The van der Waals surface area contributed by atoms with Crippen LogP contribution in [0.3, 0.4) is 0 Å². The molecule has 0 saturated heterocycles. The molecule has 4 rings (SSSR count). The molecular formula is C25H27ClF3N7O2. The van der Waals surface area contributed by atoms with Crippen molar-refractivity contribution < 1.29 is 22.7 Å². The third kappa shape index (κ3) is 7.39. The molecule has 38 heavy (non-hydrogen) atoms. The molecule has 1 amide bonds. The quantitative estimate of drug-likeness (QED) is 0.160. The summed E-state index contributed by atoms with van der Waals surface area (Å²) < 4.78 is 40.8. The van der Waals surface area contributed by atoms with E-state index in [0.29, 0.717) is 31.7 Å². The summed E-state index contributed by atoms with van der Waals surface area (Å²) in [5.41, 5.74) is 5.55. The highest BCUT2D eigenvalue weighted by Gasteiger charge is 2.32. The van der Waals surface area contributed by atoms with Crippen LogP contribution < -0.4 is 20.7 Å². The van der Waals surface area contributed by atoms with E-state index < -0.39 is 12.1 Å². The molecule has 0 fully saturated rings. The van der Waals surface area contributed by atoms with Crippen LogP contribution in [0.4, 0.5) is 18.9 Å². The van der Waals surface area contributed by atoms with Gasteiger partial charge in [-0.25, -0.2) is 0 Å². The van der Waals surface area contributed by atoms with E-state index in [1.54, 1.807) is 12.4 Å². The standard InChI is InChI=1S/C25H27ClF3N7O2/c1-15-18(13-33-35-15)17-10-21(19-14-34-36-22(19)11-17)31-6-2-7-32-24(37)5-8-30-12-16-3-4-23(20(26)9-16)38-25(27,28)29/h3-4,9-11,13-14,30-31H,2,5-8,12H2,1H3,(H,32,37)(H,33,35)(H,34,36). The summed E-state index contributed by atoms with van der Waals surface area (Å²) in [6.45, 7) is 3.89. The van der Waals surface area contributed by atoms with Crippen molar-refractivity contribution in [2.75, 3.05) is 25.0 Å². The SMILES string of the molecule is Cc1[nH]ncc1-c1cc(NCCCNC(=O)CCNCc2ccc(OC(F)(F)F)c(Cl)c2)c2cn[nH]c2c1. The molecule has 0 saturated carbocycles. The third-order valence-corrected chi connectivity index (χ3v) is 6.07. The van der Waals surface area contributed by atoms with E-state index in [1.165, 1.54) is 18.2 Å². The van der Waals surface area contributed by atoms with Crippen molar-refractivity contribution in [3.63, 3.8) is 0 Å². The first-order chi connectivity index (χ1) is 18.2. The lowest BCUT2D eigenvalue weighted by Gasteiger charge is -2.12. The fraction of sp³-hybridized carbons (Fsp3) is 0.320. The number of nitrogens with one attached hydrogen (secondary N) is 5. The van der Waals surface area contributed by atoms with Crippen molar-refractivity contribution >= 4 is 34.1 Å². The van der Waals surface area contributed by atoms with E-state index >= 15 is 0 Å². The second-order valence-electron chi connectivity index (χ2n) is 8.63. The number of carbonyl (C=O) groups is 1. The molecule has 0 radical (unpaired) electrons. The largest absolute Gasteiger partial charge is 0.573 e. The number of ether oxygens (including phenoxy) is 1. The predicted molar refractivity (Wildman–Crippen MR) is 139 cm³/mol. The Hall–Kier alpha value is -3.77. The number of benzene rings is 2. The zero-order valence-corrected chi connectivity index (χ0v) is 21.3. The van der Waals surface area contributed by atoms with Crippen molar-refractivity contribution in [1.82, 2.24) is 31.0 Å². The number of aromatic nitrogens is 4. The van der Waals surface area contributed by atoms with Crippen LogP contribution in [0.2, 0.25) is 5.02 Å². The van der Waals surface area contributed by atoms with E-state index in [4.69, 9.17) is 11.6 Å². The minimum atomic E-state index is -4.80. The molecule has 2 aromatic carbocycles. The third-order valence-electron chi connectivity index (χ3n) is 5.77. The van der Waals surface area contributed by atoms with E-state index in [9.17, 15) is 18.0 Å².